The van der Waals surface area contributed by atoms with Crippen LogP contribution in [0.15, 0.2) is 124 Å². The van der Waals surface area contributed by atoms with Crippen molar-refractivity contribution in [2.75, 3.05) is 4.90 Å². The molecule has 2 heterocycles. The van der Waals surface area contributed by atoms with Crippen molar-refractivity contribution in [3.8, 4) is 5.69 Å². The van der Waals surface area contributed by atoms with E-state index in [4.69, 9.17) is 0 Å². The van der Waals surface area contributed by atoms with Gasteiger partial charge in [-0.15, -0.1) is 13.2 Å². The summed E-state index contributed by atoms with van der Waals surface area (Å²) < 4.78 is 2.34. The summed E-state index contributed by atoms with van der Waals surface area (Å²) in [5.74, 6) is 0. The first-order valence-electron chi connectivity index (χ1n) is 13.0. The second-order valence-electron chi connectivity index (χ2n) is 8.97. The monoisotopic (exact) mass is 496 g/mol. The molecule has 1 aliphatic heterocycles. The van der Waals surface area contributed by atoms with Crippen molar-refractivity contribution >= 4 is 34.3 Å². The summed E-state index contributed by atoms with van der Waals surface area (Å²) in [5, 5.41) is 1.21. The highest BCUT2D eigenvalue weighted by Crippen LogP contribution is 2.39. The molecule has 0 saturated carbocycles. The minimum atomic E-state index is 0.769. The topological polar surface area (TPSA) is 8.17 Å². The lowest BCUT2D eigenvalue weighted by molar-refractivity contribution is 0.899. The van der Waals surface area contributed by atoms with E-state index in [9.17, 15) is 0 Å². The van der Waals surface area contributed by atoms with E-state index in [-0.39, 0.29) is 0 Å². The number of aromatic nitrogens is 1. The van der Waals surface area contributed by atoms with E-state index in [1.807, 2.05) is 18.2 Å². The average molecular weight is 497 g/mol. The first kappa shape index (κ1) is 26.5. The van der Waals surface area contributed by atoms with Crippen molar-refractivity contribution in [2.24, 2.45) is 0 Å². The number of hydrogen-bond donors (Lipinski definition) is 0. The molecule has 0 atom stereocenters. The maximum absolute atomic E-state index is 4.17. The van der Waals surface area contributed by atoms with Crippen LogP contribution < -0.4 is 4.90 Å². The number of nitrogens with zero attached hydrogens (tertiary/aromatic N) is 2. The second kappa shape index (κ2) is 11.7. The summed E-state index contributed by atoms with van der Waals surface area (Å²) in [5.41, 5.74) is 11.8. The number of rotatable bonds is 7. The number of benzene rings is 3. The van der Waals surface area contributed by atoms with Crippen molar-refractivity contribution in [1.82, 2.24) is 4.57 Å². The van der Waals surface area contributed by atoms with Gasteiger partial charge in [-0.2, -0.15) is 0 Å². The van der Waals surface area contributed by atoms with Gasteiger partial charge in [-0.25, -0.2) is 0 Å². The normalized spacial score (nSPS) is 12.7. The zero-order valence-corrected chi connectivity index (χ0v) is 22.6. The van der Waals surface area contributed by atoms with E-state index in [1.54, 1.807) is 0 Å². The molecule has 0 bridgehead atoms. The van der Waals surface area contributed by atoms with Gasteiger partial charge >= 0.3 is 0 Å². The van der Waals surface area contributed by atoms with Gasteiger partial charge in [0, 0.05) is 40.1 Å². The molecule has 0 saturated heterocycles. The summed E-state index contributed by atoms with van der Waals surface area (Å²) in [4.78, 5) is 2.38. The van der Waals surface area contributed by atoms with E-state index in [0.29, 0.717) is 0 Å². The molecular weight excluding hydrogens is 460 g/mol. The average Bonchev–Trinajstić information content (AvgIpc) is 3.29. The van der Waals surface area contributed by atoms with Crippen LogP contribution in [0, 0.1) is 0 Å². The van der Waals surface area contributed by atoms with E-state index in [2.05, 4.69) is 135 Å². The molecule has 2 nitrogen and oxygen atoms in total. The number of aryl methyl sites for hydroxylation is 1. The Balaban J connectivity index is 0.00000164. The van der Waals surface area contributed by atoms with Crippen LogP contribution in [0.25, 0.3) is 34.3 Å². The molecule has 0 amide bonds. The largest absolute Gasteiger partial charge is 0.336 e. The predicted molar refractivity (Wildman–Crippen MR) is 169 cm³/mol. The molecule has 1 aromatic heterocycles. The molecule has 0 spiro atoms. The molecule has 0 aliphatic carbocycles. The van der Waals surface area contributed by atoms with E-state index in [0.717, 1.165) is 41.2 Å². The third-order valence-corrected chi connectivity index (χ3v) is 7.07. The fraction of sp³-hybridized carbons (Fsp3) is 0.111. The number of anilines is 1. The Kier molecular flexibility index (Phi) is 8.13. The van der Waals surface area contributed by atoms with Crippen LogP contribution >= 0.6 is 0 Å². The molecule has 1 aliphatic rings. The fourth-order valence-corrected chi connectivity index (χ4v) is 5.47. The van der Waals surface area contributed by atoms with Gasteiger partial charge in [0.1, 0.15) is 0 Å². The molecule has 2 heteroatoms. The van der Waals surface area contributed by atoms with Gasteiger partial charge in [-0.3, -0.25) is 0 Å². The first-order valence-corrected chi connectivity index (χ1v) is 13.0. The van der Waals surface area contributed by atoms with Crippen LogP contribution in [-0.2, 0) is 13.0 Å². The van der Waals surface area contributed by atoms with Crippen molar-refractivity contribution in [3.63, 3.8) is 0 Å². The van der Waals surface area contributed by atoms with Gasteiger partial charge in [0.15, 0.2) is 0 Å². The summed E-state index contributed by atoms with van der Waals surface area (Å²) in [6.07, 6.45) is 11.1. The number of allylic oxidation sites excluding steroid dienone is 4. The number of hydrogen-bond acceptors (Lipinski definition) is 1. The molecule has 38 heavy (non-hydrogen) atoms. The first-order chi connectivity index (χ1) is 18.7. The van der Waals surface area contributed by atoms with Crippen LogP contribution in [0.3, 0.4) is 0 Å². The van der Waals surface area contributed by atoms with Gasteiger partial charge in [0.2, 0.25) is 0 Å². The SMILES string of the molecule is C=C.C=CC1=C(C=C)N(c2ccccc2CC)Cc2cc(-n3c(/C=C\C)c(C=C)c4ccccc43)ccc21. The minimum Gasteiger partial charge on any atom is -0.336 e. The summed E-state index contributed by atoms with van der Waals surface area (Å²) >= 11 is 0. The summed E-state index contributed by atoms with van der Waals surface area (Å²) in [7, 11) is 0. The van der Waals surface area contributed by atoms with E-state index in [1.165, 1.54) is 33.3 Å². The molecule has 190 valence electrons. The molecule has 5 rings (SSSR count). The van der Waals surface area contributed by atoms with Gasteiger partial charge in [0.05, 0.1) is 11.2 Å². The van der Waals surface area contributed by atoms with Gasteiger partial charge < -0.3 is 9.47 Å². The van der Waals surface area contributed by atoms with Crippen LogP contribution in [0.2, 0.25) is 0 Å². The van der Waals surface area contributed by atoms with Crippen LogP contribution in [0.4, 0.5) is 5.69 Å². The van der Waals surface area contributed by atoms with Crippen LogP contribution in [0.1, 0.15) is 41.8 Å². The Morgan fingerprint density at radius 1 is 0.868 bits per heavy atom. The maximum Gasteiger partial charge on any atom is 0.0541 e. The standard InChI is InChI=1S/C34H32N2.C2H4/c1-6-15-33-28(9-4)30-17-12-14-19-34(30)36(33)26-20-21-29-25(22-26)23-35(31(10-5)27(29)8-3)32-18-13-11-16-24(32)7-2;1-2/h6,8-22H,3-5,7,23H2,1-2H3;1-2H2/b15-6-;. The zero-order valence-electron chi connectivity index (χ0n) is 22.6. The Morgan fingerprint density at radius 3 is 2.29 bits per heavy atom. The smallest absolute Gasteiger partial charge is 0.0541 e. The molecular formula is C36H36N2. The lowest BCUT2D eigenvalue weighted by Crippen LogP contribution is -2.27. The van der Waals surface area contributed by atoms with E-state index >= 15 is 0 Å². The molecule has 0 fully saturated rings. The highest BCUT2D eigenvalue weighted by atomic mass is 15.1. The van der Waals surface area contributed by atoms with Crippen molar-refractivity contribution in [2.45, 2.75) is 26.8 Å². The van der Waals surface area contributed by atoms with Crippen molar-refractivity contribution < 1.29 is 0 Å². The number of para-hydroxylation sites is 2. The van der Waals surface area contributed by atoms with Crippen molar-refractivity contribution in [1.29, 1.82) is 0 Å². The molecule has 4 aromatic rings. The maximum atomic E-state index is 4.17. The Hall–Kier alpha value is -4.56. The number of fused-ring (bicyclic) bond motifs is 2. The molecule has 0 N–H and O–H groups in total. The van der Waals surface area contributed by atoms with Gasteiger partial charge in [0.25, 0.3) is 0 Å². The van der Waals surface area contributed by atoms with Crippen molar-refractivity contribution in [3.05, 3.63) is 151 Å². The highest BCUT2D eigenvalue weighted by molar-refractivity contribution is 5.95. The van der Waals surface area contributed by atoms with Gasteiger partial charge in [-0.1, -0.05) is 87.4 Å². The lowest BCUT2D eigenvalue weighted by Gasteiger charge is -2.35. The Morgan fingerprint density at radius 2 is 1.61 bits per heavy atom. The summed E-state index contributed by atoms with van der Waals surface area (Å²) in [6, 6.07) is 24.0. The highest BCUT2D eigenvalue weighted by Gasteiger charge is 2.25. The molecule has 0 radical (unpaired) electrons. The minimum absolute atomic E-state index is 0.769. The van der Waals surface area contributed by atoms with E-state index < -0.39 is 0 Å². The molecule has 0 unspecified atom stereocenters. The third kappa shape index (κ3) is 4.39. The zero-order chi connectivity index (χ0) is 27.2. The summed E-state index contributed by atoms with van der Waals surface area (Å²) in [6.45, 7) is 23.5. The molecule has 3 aromatic carbocycles. The predicted octanol–water partition coefficient (Wildman–Crippen LogP) is 9.77. The van der Waals surface area contributed by atoms with Gasteiger partial charge in [-0.05, 0) is 66.5 Å². The fourth-order valence-electron chi connectivity index (χ4n) is 5.47. The Bertz CT molecular complexity index is 1570. The quantitative estimate of drug-likeness (QED) is 0.231. The van der Waals surface area contributed by atoms with Crippen LogP contribution in [0.5, 0.6) is 0 Å². The Labute approximate surface area is 227 Å². The third-order valence-electron chi connectivity index (χ3n) is 7.07. The van der Waals surface area contributed by atoms with Crippen LogP contribution in [-0.4, -0.2) is 4.57 Å². The lowest BCUT2D eigenvalue weighted by atomic mass is 9.91. The second-order valence-corrected chi connectivity index (χ2v) is 8.97.